The van der Waals surface area contributed by atoms with Gasteiger partial charge in [0.25, 0.3) is 5.91 Å². The summed E-state index contributed by atoms with van der Waals surface area (Å²) in [5, 5.41) is 3.11. The second-order valence-electron chi connectivity index (χ2n) is 4.42. The number of methoxy groups -OCH3 is 1. The average Bonchev–Trinajstić information content (AvgIpc) is 2.55. The van der Waals surface area contributed by atoms with E-state index >= 15 is 0 Å². The molecule has 132 valence electrons. The molecule has 10 heteroatoms. The van der Waals surface area contributed by atoms with Gasteiger partial charge in [0.05, 0.1) is 19.9 Å². The predicted molar refractivity (Wildman–Crippen MR) is 77.8 cm³/mol. The first-order valence-corrected chi connectivity index (χ1v) is 6.58. The van der Waals surface area contributed by atoms with Crippen LogP contribution in [0, 0.1) is 0 Å². The zero-order valence-electron chi connectivity index (χ0n) is 13.2. The Balaban J connectivity index is 3.09. The lowest BCUT2D eigenvalue weighted by Gasteiger charge is -2.15. The van der Waals surface area contributed by atoms with Crippen LogP contribution in [0.3, 0.4) is 0 Å². The van der Waals surface area contributed by atoms with Gasteiger partial charge in [0, 0.05) is 19.2 Å². The van der Waals surface area contributed by atoms with Crippen molar-refractivity contribution < 1.29 is 32.3 Å². The summed E-state index contributed by atoms with van der Waals surface area (Å²) in [6.45, 7) is 0.0197. The van der Waals surface area contributed by atoms with E-state index in [1.165, 1.54) is 39.5 Å². The average molecular weight is 347 g/mol. The topological polar surface area (TPSA) is 80.8 Å². The lowest BCUT2D eigenvalue weighted by Crippen LogP contribution is -2.26. The summed E-state index contributed by atoms with van der Waals surface area (Å²) in [7, 11) is 3.66. The number of carbonyl (C=O) groups is 2. The molecule has 0 spiro atoms. The van der Waals surface area contributed by atoms with Crippen LogP contribution in [0.1, 0.15) is 21.7 Å². The third-order valence-corrected chi connectivity index (χ3v) is 2.78. The van der Waals surface area contributed by atoms with Crippen LogP contribution in [-0.2, 0) is 15.8 Å². The lowest BCUT2D eigenvalue weighted by atomic mass is 10.1. The standard InChI is InChI=1S/C14H16F3N3O4/c1-20(24-3)12(21)9-7-10(5-4-6-18-13(22)23-2)19-11(8-9)14(15,16)17/h4-5,7-8H,6H2,1-3H3,(H,18,22)/b5-4+. The minimum absolute atomic E-state index is 0.0197. The summed E-state index contributed by atoms with van der Waals surface area (Å²) in [6, 6.07) is 1.82. The molecule has 0 aliphatic carbocycles. The summed E-state index contributed by atoms with van der Waals surface area (Å²) < 4.78 is 43.1. The predicted octanol–water partition coefficient (Wildman–Crippen LogP) is 2.10. The summed E-state index contributed by atoms with van der Waals surface area (Å²) in [6.07, 6.45) is -2.79. The Labute approximate surface area is 136 Å². The molecule has 1 aromatic rings. The van der Waals surface area contributed by atoms with E-state index in [0.29, 0.717) is 6.07 Å². The molecular weight excluding hydrogens is 331 g/mol. The smallest absolute Gasteiger partial charge is 0.433 e. The van der Waals surface area contributed by atoms with E-state index in [4.69, 9.17) is 0 Å². The van der Waals surface area contributed by atoms with Gasteiger partial charge in [-0.05, 0) is 18.2 Å². The maximum Gasteiger partial charge on any atom is 0.433 e. The number of nitrogens with zero attached hydrogens (tertiary/aromatic N) is 2. The summed E-state index contributed by atoms with van der Waals surface area (Å²) in [5.41, 5.74) is -1.54. The summed E-state index contributed by atoms with van der Waals surface area (Å²) in [5.74, 6) is -0.757. The molecule has 1 N–H and O–H groups in total. The van der Waals surface area contributed by atoms with Crippen LogP contribution in [0.25, 0.3) is 6.08 Å². The van der Waals surface area contributed by atoms with E-state index in [0.717, 1.165) is 5.06 Å². The molecule has 0 aliphatic rings. The molecule has 24 heavy (non-hydrogen) atoms. The van der Waals surface area contributed by atoms with Crippen molar-refractivity contribution in [2.24, 2.45) is 0 Å². The van der Waals surface area contributed by atoms with Gasteiger partial charge in [0.2, 0.25) is 0 Å². The van der Waals surface area contributed by atoms with E-state index in [1.54, 1.807) is 0 Å². The van der Waals surface area contributed by atoms with Crippen LogP contribution in [0.2, 0.25) is 0 Å². The maximum absolute atomic E-state index is 12.9. The van der Waals surface area contributed by atoms with Gasteiger partial charge in [-0.15, -0.1) is 0 Å². The summed E-state index contributed by atoms with van der Waals surface area (Å²) in [4.78, 5) is 31.0. The van der Waals surface area contributed by atoms with Crippen molar-refractivity contribution in [1.82, 2.24) is 15.4 Å². The quantitative estimate of drug-likeness (QED) is 0.825. The van der Waals surface area contributed by atoms with Crippen LogP contribution in [0.5, 0.6) is 0 Å². The number of ether oxygens (including phenoxy) is 1. The van der Waals surface area contributed by atoms with E-state index in [-0.39, 0.29) is 17.8 Å². The molecule has 0 bridgehead atoms. The number of hydrogen-bond acceptors (Lipinski definition) is 5. The highest BCUT2D eigenvalue weighted by Crippen LogP contribution is 2.29. The highest BCUT2D eigenvalue weighted by molar-refractivity contribution is 5.94. The zero-order valence-corrected chi connectivity index (χ0v) is 13.2. The molecule has 1 aromatic heterocycles. The maximum atomic E-state index is 12.9. The number of carbonyl (C=O) groups excluding carboxylic acids is 2. The molecular formula is C14H16F3N3O4. The molecule has 0 aliphatic heterocycles. The molecule has 7 nitrogen and oxygen atoms in total. The molecule has 0 radical (unpaired) electrons. The Morgan fingerprint density at radius 1 is 1.33 bits per heavy atom. The SMILES string of the molecule is COC(=O)NC/C=C/c1cc(C(=O)N(C)OC)cc(C(F)(F)F)n1. The Kier molecular flexibility index (Phi) is 6.71. The number of amides is 2. The van der Waals surface area contributed by atoms with E-state index in [2.05, 4.69) is 19.9 Å². The van der Waals surface area contributed by atoms with Crippen molar-refractivity contribution in [3.63, 3.8) is 0 Å². The van der Waals surface area contributed by atoms with Crippen molar-refractivity contribution >= 4 is 18.1 Å². The number of rotatable bonds is 5. The highest BCUT2D eigenvalue weighted by atomic mass is 19.4. The molecule has 0 unspecified atom stereocenters. The highest BCUT2D eigenvalue weighted by Gasteiger charge is 2.34. The Morgan fingerprint density at radius 3 is 2.54 bits per heavy atom. The molecule has 0 saturated heterocycles. The fourth-order valence-corrected chi connectivity index (χ4v) is 1.56. The molecule has 0 fully saturated rings. The lowest BCUT2D eigenvalue weighted by molar-refractivity contribution is -0.141. The number of hydroxylamine groups is 2. The van der Waals surface area contributed by atoms with Crippen molar-refractivity contribution in [1.29, 1.82) is 0 Å². The van der Waals surface area contributed by atoms with E-state index < -0.39 is 23.9 Å². The van der Waals surface area contributed by atoms with Gasteiger partial charge in [-0.25, -0.2) is 14.8 Å². The van der Waals surface area contributed by atoms with Gasteiger partial charge in [0.1, 0.15) is 5.69 Å². The number of alkyl carbamates (subject to hydrolysis) is 1. The third kappa shape index (κ3) is 5.54. The zero-order chi connectivity index (χ0) is 18.3. The van der Waals surface area contributed by atoms with Crippen molar-refractivity contribution in [3.8, 4) is 0 Å². The summed E-state index contributed by atoms with van der Waals surface area (Å²) >= 11 is 0. The molecule has 1 heterocycles. The van der Waals surface area contributed by atoms with E-state index in [1.807, 2.05) is 0 Å². The number of hydrogen-bond donors (Lipinski definition) is 1. The monoisotopic (exact) mass is 347 g/mol. The Hall–Kier alpha value is -2.62. The van der Waals surface area contributed by atoms with Gasteiger partial charge in [-0.3, -0.25) is 9.63 Å². The van der Waals surface area contributed by atoms with Crippen molar-refractivity contribution in [2.45, 2.75) is 6.18 Å². The number of halogens is 3. The molecule has 0 saturated carbocycles. The Bertz CT molecular complexity index is 632. The second kappa shape index (κ2) is 8.29. The minimum atomic E-state index is -4.71. The van der Waals surface area contributed by atoms with Crippen LogP contribution >= 0.6 is 0 Å². The van der Waals surface area contributed by atoms with Gasteiger partial charge < -0.3 is 10.1 Å². The largest absolute Gasteiger partial charge is 0.453 e. The molecule has 2 amide bonds. The number of alkyl halides is 3. The fourth-order valence-electron chi connectivity index (χ4n) is 1.56. The van der Waals surface area contributed by atoms with Gasteiger partial charge in [-0.2, -0.15) is 13.2 Å². The molecule has 0 aromatic carbocycles. The first kappa shape index (κ1) is 19.4. The van der Waals surface area contributed by atoms with Gasteiger partial charge >= 0.3 is 12.3 Å². The third-order valence-electron chi connectivity index (χ3n) is 2.78. The normalized spacial score (nSPS) is 11.4. The van der Waals surface area contributed by atoms with Crippen LogP contribution in [-0.4, -0.2) is 49.9 Å². The first-order chi connectivity index (χ1) is 11.2. The number of aromatic nitrogens is 1. The van der Waals surface area contributed by atoms with Gasteiger partial charge in [0.15, 0.2) is 0 Å². The first-order valence-electron chi connectivity index (χ1n) is 6.58. The minimum Gasteiger partial charge on any atom is -0.453 e. The number of nitrogens with one attached hydrogen (secondary N) is 1. The molecule has 0 atom stereocenters. The van der Waals surface area contributed by atoms with Crippen LogP contribution in [0.15, 0.2) is 18.2 Å². The van der Waals surface area contributed by atoms with Crippen LogP contribution < -0.4 is 5.32 Å². The fraction of sp³-hybridized carbons (Fsp3) is 0.357. The Morgan fingerprint density at radius 2 is 2.00 bits per heavy atom. The van der Waals surface area contributed by atoms with E-state index in [9.17, 15) is 22.8 Å². The van der Waals surface area contributed by atoms with Crippen LogP contribution in [0.4, 0.5) is 18.0 Å². The van der Waals surface area contributed by atoms with Crippen molar-refractivity contribution in [2.75, 3.05) is 27.8 Å². The van der Waals surface area contributed by atoms with Crippen molar-refractivity contribution in [3.05, 3.63) is 35.2 Å². The second-order valence-corrected chi connectivity index (χ2v) is 4.42. The van der Waals surface area contributed by atoms with Gasteiger partial charge in [-0.1, -0.05) is 6.08 Å². The molecule has 1 rings (SSSR count). The number of pyridine rings is 1.